The van der Waals surface area contributed by atoms with Crippen molar-refractivity contribution in [1.29, 1.82) is 0 Å². The van der Waals surface area contributed by atoms with Gasteiger partial charge in [-0.2, -0.15) is 0 Å². The number of quaternary nitrogens is 1. The number of hydrogen-bond acceptors (Lipinski definition) is 7. The smallest absolute Gasteiger partial charge is 0.462 e. The molecule has 1 N–H and O–H groups in total. The molecule has 0 radical (unpaired) electrons. The maximum absolute atomic E-state index is 12.8. The van der Waals surface area contributed by atoms with Crippen molar-refractivity contribution >= 4 is 19.8 Å². The van der Waals surface area contributed by atoms with Crippen molar-refractivity contribution in [3.05, 3.63) is 48.6 Å². The molecule has 0 heterocycles. The quantitative estimate of drug-likeness (QED) is 0.0212. The number of allylic oxidation sites excluding steroid dienone is 8. The lowest BCUT2D eigenvalue weighted by molar-refractivity contribution is -0.870. The molecule has 9 nitrogen and oxygen atoms in total. The van der Waals surface area contributed by atoms with E-state index in [9.17, 15) is 19.0 Å². The number of phosphoric acid groups is 1. The summed E-state index contributed by atoms with van der Waals surface area (Å²) in [5.41, 5.74) is 0. The van der Waals surface area contributed by atoms with Crippen LogP contribution >= 0.6 is 7.82 Å². The van der Waals surface area contributed by atoms with Crippen LogP contribution in [-0.2, 0) is 32.7 Å². The molecule has 1 unspecified atom stereocenters. The van der Waals surface area contributed by atoms with Gasteiger partial charge in [-0.25, -0.2) is 4.57 Å². The topological polar surface area (TPSA) is 108 Å². The summed E-state index contributed by atoms with van der Waals surface area (Å²) in [6, 6.07) is 0. The van der Waals surface area contributed by atoms with Gasteiger partial charge in [-0.05, 0) is 32.1 Å². The van der Waals surface area contributed by atoms with E-state index in [1.807, 2.05) is 51.5 Å². The van der Waals surface area contributed by atoms with Crippen molar-refractivity contribution in [2.45, 2.75) is 225 Å². The second-order valence-corrected chi connectivity index (χ2v) is 19.7. The van der Waals surface area contributed by atoms with Crippen LogP contribution in [0.25, 0.3) is 0 Å². The largest absolute Gasteiger partial charge is 0.472 e. The molecule has 0 bridgehead atoms. The Kier molecular flexibility index (Phi) is 42.7. The summed E-state index contributed by atoms with van der Waals surface area (Å²) >= 11 is 0. The van der Waals surface area contributed by atoms with Crippen LogP contribution in [0.3, 0.4) is 0 Å². The summed E-state index contributed by atoms with van der Waals surface area (Å²) < 4.78 is 34.4. The zero-order valence-corrected chi connectivity index (χ0v) is 41.7. The standard InChI is InChI=1S/C52H96NO8P/c1-6-8-10-12-14-16-18-20-22-23-24-25-26-27-28-29-31-33-35-37-39-41-43-45-52(55)61-50(49-60-62(56,57)59-47-46-53(3,4)5)48-58-51(54)44-42-40-38-36-34-32-30-21-19-17-15-13-11-9-7-2/h9,11,13,15,17,19,21,30,50H,6-8,10,12,14,16,18,20,22-29,31-49H2,1-5H3/p+1/b11-9+,15-13+,19-17+,30-21+/t50-/m1/s1. The molecule has 62 heavy (non-hydrogen) atoms. The zero-order valence-electron chi connectivity index (χ0n) is 40.9. The maximum Gasteiger partial charge on any atom is 0.472 e. The minimum atomic E-state index is -4.38. The van der Waals surface area contributed by atoms with Crippen LogP contribution in [0.4, 0.5) is 0 Å². The molecule has 0 fully saturated rings. The van der Waals surface area contributed by atoms with E-state index >= 15 is 0 Å². The molecular formula is C52H97NO8P+. The molecule has 362 valence electrons. The molecule has 10 heteroatoms. The lowest BCUT2D eigenvalue weighted by atomic mass is 10.0. The van der Waals surface area contributed by atoms with Gasteiger partial charge >= 0.3 is 19.8 Å². The highest BCUT2D eigenvalue weighted by Gasteiger charge is 2.27. The van der Waals surface area contributed by atoms with Crippen molar-refractivity contribution in [3.8, 4) is 0 Å². The molecule has 0 saturated carbocycles. The van der Waals surface area contributed by atoms with Gasteiger partial charge in [-0.3, -0.25) is 18.6 Å². The highest BCUT2D eigenvalue weighted by Crippen LogP contribution is 2.43. The first kappa shape index (κ1) is 60.0. The average molecular weight is 895 g/mol. The van der Waals surface area contributed by atoms with Crippen molar-refractivity contribution in [2.24, 2.45) is 0 Å². The van der Waals surface area contributed by atoms with Crippen LogP contribution in [0.1, 0.15) is 219 Å². The highest BCUT2D eigenvalue weighted by atomic mass is 31.2. The average Bonchev–Trinajstić information content (AvgIpc) is 3.23. The molecule has 0 aromatic heterocycles. The molecule has 2 atom stereocenters. The number of esters is 2. The van der Waals surface area contributed by atoms with Gasteiger partial charge in [0.05, 0.1) is 27.7 Å². The van der Waals surface area contributed by atoms with Gasteiger partial charge in [0.15, 0.2) is 6.10 Å². The van der Waals surface area contributed by atoms with Gasteiger partial charge < -0.3 is 18.9 Å². The number of rotatable bonds is 46. The second kappa shape index (κ2) is 44.2. The predicted molar refractivity (Wildman–Crippen MR) is 261 cm³/mol. The molecule has 0 aliphatic carbocycles. The maximum atomic E-state index is 12.8. The Balaban J connectivity index is 4.22. The Bertz CT molecular complexity index is 1190. The normalized spacial score (nSPS) is 13.8. The van der Waals surface area contributed by atoms with E-state index in [0.29, 0.717) is 23.9 Å². The van der Waals surface area contributed by atoms with E-state index in [0.717, 1.165) is 51.4 Å². The number of carbonyl (C=O) groups is 2. The predicted octanol–water partition coefficient (Wildman–Crippen LogP) is 15.0. The van der Waals surface area contributed by atoms with E-state index in [1.165, 1.54) is 128 Å². The minimum Gasteiger partial charge on any atom is -0.462 e. The summed E-state index contributed by atoms with van der Waals surface area (Å²) in [7, 11) is 1.46. The third-order valence-electron chi connectivity index (χ3n) is 11.0. The number of carbonyl (C=O) groups excluding carboxylic acids is 2. The molecule has 0 aromatic carbocycles. The van der Waals surface area contributed by atoms with Crippen LogP contribution in [0.5, 0.6) is 0 Å². The van der Waals surface area contributed by atoms with Gasteiger partial charge in [0.1, 0.15) is 19.8 Å². The number of likely N-dealkylation sites (N-methyl/N-ethyl adjacent to an activating group) is 1. The number of ether oxygens (including phenoxy) is 2. The Morgan fingerprint density at radius 2 is 0.919 bits per heavy atom. The fraction of sp³-hybridized carbons (Fsp3) is 0.808. The zero-order chi connectivity index (χ0) is 45.7. The molecule has 0 saturated heterocycles. The Hall–Kier alpha value is -2.03. The van der Waals surface area contributed by atoms with Crippen molar-refractivity contribution in [1.82, 2.24) is 0 Å². The number of hydrogen-bond donors (Lipinski definition) is 1. The first-order valence-corrected chi connectivity index (χ1v) is 26.9. The Morgan fingerprint density at radius 3 is 1.37 bits per heavy atom. The van der Waals surface area contributed by atoms with Crippen LogP contribution in [0.15, 0.2) is 48.6 Å². The van der Waals surface area contributed by atoms with Crippen molar-refractivity contribution in [3.63, 3.8) is 0 Å². The number of nitrogens with zero attached hydrogens (tertiary/aromatic N) is 1. The third-order valence-corrected chi connectivity index (χ3v) is 12.0. The second-order valence-electron chi connectivity index (χ2n) is 18.3. The molecular weight excluding hydrogens is 798 g/mol. The van der Waals surface area contributed by atoms with Gasteiger partial charge in [-0.15, -0.1) is 0 Å². The first-order valence-electron chi connectivity index (χ1n) is 25.4. The molecule has 0 amide bonds. The van der Waals surface area contributed by atoms with Crippen molar-refractivity contribution < 1.29 is 42.1 Å². The van der Waals surface area contributed by atoms with Gasteiger partial charge in [0.25, 0.3) is 0 Å². The van der Waals surface area contributed by atoms with E-state index in [2.05, 4.69) is 32.1 Å². The van der Waals surface area contributed by atoms with Gasteiger partial charge in [0, 0.05) is 12.8 Å². The SMILES string of the molecule is CC/C=C/C=C/C=C/C=C/CCCCCCCC(=O)OC[C@H](COP(=O)(O)OCC[N+](C)(C)C)OC(=O)CCCCCCCCCCCCCCCCCCCCCCCCC. The lowest BCUT2D eigenvalue weighted by Gasteiger charge is -2.24. The summed E-state index contributed by atoms with van der Waals surface area (Å²) in [5, 5.41) is 0. The van der Waals surface area contributed by atoms with E-state index in [1.54, 1.807) is 0 Å². The van der Waals surface area contributed by atoms with E-state index in [-0.39, 0.29) is 32.0 Å². The highest BCUT2D eigenvalue weighted by molar-refractivity contribution is 7.47. The number of phosphoric ester groups is 1. The van der Waals surface area contributed by atoms with E-state index < -0.39 is 26.5 Å². The first-order chi connectivity index (χ1) is 30.0. The van der Waals surface area contributed by atoms with Crippen LogP contribution < -0.4 is 0 Å². The summed E-state index contributed by atoms with van der Waals surface area (Å²) in [4.78, 5) is 35.5. The fourth-order valence-electron chi connectivity index (χ4n) is 7.03. The molecule has 0 aliphatic heterocycles. The number of unbranched alkanes of at least 4 members (excludes halogenated alkanes) is 27. The fourth-order valence-corrected chi connectivity index (χ4v) is 7.77. The monoisotopic (exact) mass is 895 g/mol. The minimum absolute atomic E-state index is 0.0273. The van der Waals surface area contributed by atoms with Crippen LogP contribution in [0.2, 0.25) is 0 Å². The Labute approximate surface area is 382 Å². The molecule has 0 rings (SSSR count). The molecule has 0 spiro atoms. The van der Waals surface area contributed by atoms with Crippen LogP contribution in [0, 0.1) is 0 Å². The summed E-state index contributed by atoms with van der Waals surface area (Å²) in [6.07, 6.45) is 53.1. The van der Waals surface area contributed by atoms with Crippen LogP contribution in [-0.4, -0.2) is 74.9 Å². The van der Waals surface area contributed by atoms with Gasteiger partial charge in [-0.1, -0.05) is 223 Å². The Morgan fingerprint density at radius 1 is 0.516 bits per heavy atom. The van der Waals surface area contributed by atoms with E-state index in [4.69, 9.17) is 18.5 Å². The summed E-state index contributed by atoms with van der Waals surface area (Å²) in [5.74, 6) is -0.819. The molecule has 0 aromatic rings. The molecule has 0 aliphatic rings. The summed E-state index contributed by atoms with van der Waals surface area (Å²) in [6.45, 7) is 4.28. The van der Waals surface area contributed by atoms with Gasteiger partial charge in [0.2, 0.25) is 0 Å². The third kappa shape index (κ3) is 47.4. The van der Waals surface area contributed by atoms with Crippen molar-refractivity contribution in [2.75, 3.05) is 47.5 Å². The lowest BCUT2D eigenvalue weighted by Crippen LogP contribution is -2.37.